The zero-order valence-electron chi connectivity index (χ0n) is 18.7. The van der Waals surface area contributed by atoms with Crippen LogP contribution in [0, 0.1) is 0 Å². The molecule has 2 heterocycles. The van der Waals surface area contributed by atoms with Crippen LogP contribution in [-0.4, -0.2) is 59.0 Å². The number of thiazole rings is 1. The van der Waals surface area contributed by atoms with E-state index in [-0.39, 0.29) is 6.04 Å². The largest absolute Gasteiger partial charge is 0.465 e. The quantitative estimate of drug-likeness (QED) is 0.468. The number of morpholine rings is 1. The maximum Gasteiger partial charge on any atom is 0.405 e. The second kappa shape index (κ2) is 11.4. The van der Waals surface area contributed by atoms with Crippen molar-refractivity contribution in [1.82, 2.24) is 15.2 Å². The van der Waals surface area contributed by atoms with E-state index in [2.05, 4.69) is 39.5 Å². The van der Waals surface area contributed by atoms with Gasteiger partial charge in [-0.05, 0) is 36.8 Å². The summed E-state index contributed by atoms with van der Waals surface area (Å²) >= 11 is 1.66. The number of benzene rings is 2. The summed E-state index contributed by atoms with van der Waals surface area (Å²) in [6.07, 6.45) is 3.73. The number of nitrogens with zero attached hydrogens (tertiary/aromatic N) is 2. The molecule has 174 valence electrons. The molecular formula is C26H31N3O3S. The first-order valence-corrected chi connectivity index (χ1v) is 12.3. The Morgan fingerprint density at radius 2 is 1.67 bits per heavy atom. The first-order chi connectivity index (χ1) is 16.1. The molecule has 7 heteroatoms. The van der Waals surface area contributed by atoms with E-state index >= 15 is 0 Å². The van der Waals surface area contributed by atoms with Gasteiger partial charge in [-0.25, -0.2) is 4.79 Å². The summed E-state index contributed by atoms with van der Waals surface area (Å²) in [6.45, 7) is 3.11. The van der Waals surface area contributed by atoms with Crippen LogP contribution < -0.4 is 5.32 Å². The maximum atomic E-state index is 12.1. The number of carbonyl (C=O) groups is 1. The highest BCUT2D eigenvalue weighted by Gasteiger charge is 2.37. The Kier molecular flexibility index (Phi) is 8.10. The number of hydrogen-bond acceptors (Lipinski definition) is 5. The number of hydrogen-bond donors (Lipinski definition) is 2. The zero-order valence-corrected chi connectivity index (χ0v) is 19.5. The highest BCUT2D eigenvalue weighted by Crippen LogP contribution is 2.29. The van der Waals surface area contributed by atoms with Crippen LogP contribution in [-0.2, 0) is 24.0 Å². The standard InChI is InChI=1S/C26H31N3O3S/c30-25(31)28-26(16-21-7-3-1-4-8-21,17-22-9-5-2-6-10-22)18-23(15-24-19-27-20-33-24)29-11-13-32-14-12-29/h1-10,19-20,23,28H,11-18H2,(H,30,31). The van der Waals surface area contributed by atoms with E-state index in [1.807, 2.05) is 48.1 Å². The third kappa shape index (κ3) is 6.87. The van der Waals surface area contributed by atoms with E-state index in [0.717, 1.165) is 30.6 Å². The van der Waals surface area contributed by atoms with Crippen molar-refractivity contribution in [3.05, 3.63) is 88.4 Å². The SMILES string of the molecule is O=C(O)NC(Cc1ccccc1)(Cc1ccccc1)CC(Cc1cncs1)N1CCOCC1. The summed E-state index contributed by atoms with van der Waals surface area (Å²) < 4.78 is 5.61. The van der Waals surface area contributed by atoms with Crippen molar-refractivity contribution in [2.75, 3.05) is 26.3 Å². The highest BCUT2D eigenvalue weighted by atomic mass is 32.1. The van der Waals surface area contributed by atoms with Crippen LogP contribution in [0.5, 0.6) is 0 Å². The highest BCUT2D eigenvalue weighted by molar-refractivity contribution is 7.09. The van der Waals surface area contributed by atoms with Crippen LogP contribution in [0.1, 0.15) is 22.4 Å². The Labute approximate surface area is 199 Å². The van der Waals surface area contributed by atoms with Gasteiger partial charge in [-0.15, -0.1) is 11.3 Å². The first kappa shape index (κ1) is 23.4. The van der Waals surface area contributed by atoms with Crippen molar-refractivity contribution in [3.8, 4) is 0 Å². The fourth-order valence-corrected chi connectivity index (χ4v) is 5.51. The van der Waals surface area contributed by atoms with Gasteiger partial charge in [0, 0.05) is 30.2 Å². The second-order valence-corrected chi connectivity index (χ2v) is 9.68. The van der Waals surface area contributed by atoms with Gasteiger partial charge in [-0.1, -0.05) is 60.7 Å². The van der Waals surface area contributed by atoms with E-state index < -0.39 is 11.6 Å². The number of nitrogens with one attached hydrogen (secondary N) is 1. The Morgan fingerprint density at radius 1 is 1.06 bits per heavy atom. The summed E-state index contributed by atoms with van der Waals surface area (Å²) in [5.74, 6) is 0. The molecule has 1 fully saturated rings. The molecular weight excluding hydrogens is 434 g/mol. The van der Waals surface area contributed by atoms with Gasteiger partial charge >= 0.3 is 6.09 Å². The molecule has 1 aliphatic heterocycles. The molecule has 0 bridgehead atoms. The summed E-state index contributed by atoms with van der Waals surface area (Å²) in [5.41, 5.74) is 3.46. The molecule has 0 spiro atoms. The lowest BCUT2D eigenvalue weighted by molar-refractivity contribution is 0.00808. The molecule has 2 aromatic carbocycles. The van der Waals surface area contributed by atoms with Crippen molar-refractivity contribution in [2.24, 2.45) is 0 Å². The van der Waals surface area contributed by atoms with Crippen LogP contribution in [0.15, 0.2) is 72.4 Å². The molecule has 1 unspecified atom stereocenters. The molecule has 33 heavy (non-hydrogen) atoms. The summed E-state index contributed by atoms with van der Waals surface area (Å²) in [4.78, 5) is 20.1. The van der Waals surface area contributed by atoms with Gasteiger partial charge in [0.25, 0.3) is 0 Å². The predicted octanol–water partition coefficient (Wildman–Crippen LogP) is 4.27. The Hall–Kier alpha value is -2.74. The summed E-state index contributed by atoms with van der Waals surface area (Å²) in [7, 11) is 0. The van der Waals surface area contributed by atoms with E-state index in [9.17, 15) is 9.90 Å². The van der Waals surface area contributed by atoms with Crippen molar-refractivity contribution in [2.45, 2.75) is 37.3 Å². The average molecular weight is 466 g/mol. The molecule has 1 amide bonds. The van der Waals surface area contributed by atoms with E-state index in [0.29, 0.717) is 32.5 Å². The minimum absolute atomic E-state index is 0.175. The van der Waals surface area contributed by atoms with Gasteiger partial charge in [0.15, 0.2) is 0 Å². The Bertz CT molecular complexity index is 935. The molecule has 2 N–H and O–H groups in total. The van der Waals surface area contributed by atoms with Crippen molar-refractivity contribution < 1.29 is 14.6 Å². The first-order valence-electron chi connectivity index (χ1n) is 11.4. The smallest absolute Gasteiger partial charge is 0.405 e. The van der Waals surface area contributed by atoms with Gasteiger partial charge in [-0.3, -0.25) is 9.88 Å². The minimum atomic E-state index is -0.986. The normalized spacial score (nSPS) is 15.8. The maximum absolute atomic E-state index is 12.1. The number of amides is 1. The Balaban J connectivity index is 1.69. The number of carboxylic acid groups (broad SMARTS) is 1. The van der Waals surface area contributed by atoms with E-state index in [1.54, 1.807) is 11.3 Å². The van der Waals surface area contributed by atoms with Crippen LogP contribution in [0.4, 0.5) is 4.79 Å². The summed E-state index contributed by atoms with van der Waals surface area (Å²) in [6, 6.07) is 20.5. The lowest BCUT2D eigenvalue weighted by Gasteiger charge is -2.42. The fourth-order valence-electron chi connectivity index (χ4n) is 4.85. The lowest BCUT2D eigenvalue weighted by atomic mass is 9.78. The molecule has 1 aromatic heterocycles. The minimum Gasteiger partial charge on any atom is -0.465 e. The second-order valence-electron chi connectivity index (χ2n) is 8.71. The topological polar surface area (TPSA) is 74.7 Å². The Morgan fingerprint density at radius 3 is 2.18 bits per heavy atom. The van der Waals surface area contributed by atoms with Gasteiger partial charge in [0.05, 0.1) is 24.3 Å². The monoisotopic (exact) mass is 465 g/mol. The summed E-state index contributed by atoms with van der Waals surface area (Å²) in [5, 5.41) is 12.9. The third-order valence-electron chi connectivity index (χ3n) is 6.25. The van der Waals surface area contributed by atoms with Crippen molar-refractivity contribution in [3.63, 3.8) is 0 Å². The molecule has 0 saturated carbocycles. The van der Waals surface area contributed by atoms with Crippen LogP contribution >= 0.6 is 11.3 Å². The van der Waals surface area contributed by atoms with Gasteiger partial charge in [0.2, 0.25) is 0 Å². The fraction of sp³-hybridized carbons (Fsp3) is 0.385. The van der Waals surface area contributed by atoms with Gasteiger partial charge in [0.1, 0.15) is 0 Å². The molecule has 0 aliphatic carbocycles. The zero-order chi connectivity index (χ0) is 22.9. The molecule has 1 atom stereocenters. The predicted molar refractivity (Wildman–Crippen MR) is 131 cm³/mol. The lowest BCUT2D eigenvalue weighted by Crippen LogP contribution is -2.57. The molecule has 4 rings (SSSR count). The number of rotatable bonds is 10. The number of ether oxygens (including phenoxy) is 1. The van der Waals surface area contributed by atoms with Crippen molar-refractivity contribution in [1.29, 1.82) is 0 Å². The molecule has 1 saturated heterocycles. The molecule has 6 nitrogen and oxygen atoms in total. The molecule has 1 aliphatic rings. The molecule has 0 radical (unpaired) electrons. The molecule has 3 aromatic rings. The van der Waals surface area contributed by atoms with Gasteiger partial charge < -0.3 is 15.2 Å². The number of aromatic nitrogens is 1. The van der Waals surface area contributed by atoms with E-state index in [1.165, 1.54) is 4.88 Å². The average Bonchev–Trinajstić information content (AvgIpc) is 3.33. The van der Waals surface area contributed by atoms with Crippen LogP contribution in [0.2, 0.25) is 0 Å². The van der Waals surface area contributed by atoms with E-state index in [4.69, 9.17) is 4.74 Å². The van der Waals surface area contributed by atoms with Crippen LogP contribution in [0.25, 0.3) is 0 Å². The van der Waals surface area contributed by atoms with Crippen LogP contribution in [0.3, 0.4) is 0 Å². The third-order valence-corrected chi connectivity index (χ3v) is 7.05. The van der Waals surface area contributed by atoms with Crippen molar-refractivity contribution >= 4 is 17.4 Å². The van der Waals surface area contributed by atoms with Gasteiger partial charge in [-0.2, -0.15) is 0 Å².